The van der Waals surface area contributed by atoms with Crippen molar-refractivity contribution in [1.82, 2.24) is 4.57 Å². The summed E-state index contributed by atoms with van der Waals surface area (Å²) in [6.07, 6.45) is 1.03. The number of hydrogen-bond acceptors (Lipinski definition) is 3. The maximum Gasteiger partial charge on any atom is 0.231 e. The summed E-state index contributed by atoms with van der Waals surface area (Å²) in [5.41, 5.74) is 1.27. The van der Waals surface area contributed by atoms with E-state index in [1.54, 1.807) is 0 Å². The summed E-state index contributed by atoms with van der Waals surface area (Å²) in [6, 6.07) is 6.17. The van der Waals surface area contributed by atoms with Gasteiger partial charge in [0.05, 0.1) is 0 Å². The fraction of sp³-hybridized carbons (Fsp3) is 0.571. The van der Waals surface area contributed by atoms with Crippen molar-refractivity contribution in [3.8, 4) is 11.5 Å². The second kappa shape index (κ2) is 5.32. The average molecular weight is 265 g/mol. The lowest BCUT2D eigenvalue weighted by Crippen LogP contribution is -2.46. The molecule has 0 saturated carbocycles. The summed E-state index contributed by atoms with van der Waals surface area (Å²) >= 11 is 0. The van der Waals surface area contributed by atoms with Crippen LogP contribution in [0.4, 0.5) is 0 Å². The molecule has 4 heteroatoms. The third-order valence-corrected chi connectivity index (χ3v) is 5.90. The third-order valence-electron chi connectivity index (χ3n) is 3.46. The van der Waals surface area contributed by atoms with E-state index in [1.807, 2.05) is 12.1 Å². The Kier molecular flexibility index (Phi) is 3.97. The van der Waals surface area contributed by atoms with Gasteiger partial charge in [-0.05, 0) is 31.1 Å². The average Bonchev–Trinajstić information content (AvgIpc) is 2.76. The van der Waals surface area contributed by atoms with Crippen molar-refractivity contribution in [2.75, 3.05) is 19.9 Å². The van der Waals surface area contributed by atoms with Crippen LogP contribution in [0.3, 0.4) is 0 Å². The molecule has 0 unspecified atom stereocenters. The minimum atomic E-state index is -1.20. The van der Waals surface area contributed by atoms with Crippen LogP contribution >= 0.6 is 0 Å². The predicted molar refractivity (Wildman–Crippen MR) is 76.9 cm³/mol. The maximum absolute atomic E-state index is 5.55. The molecule has 3 nitrogen and oxygen atoms in total. The van der Waals surface area contributed by atoms with Crippen LogP contribution in [-0.4, -0.2) is 32.7 Å². The molecule has 1 aromatic carbocycles. The smallest absolute Gasteiger partial charge is 0.231 e. The van der Waals surface area contributed by atoms with Crippen LogP contribution in [0, 0.1) is 0 Å². The number of benzene rings is 1. The van der Waals surface area contributed by atoms with Crippen molar-refractivity contribution in [3.05, 3.63) is 23.8 Å². The number of hydrogen-bond donors (Lipinski definition) is 0. The zero-order valence-corrected chi connectivity index (χ0v) is 12.8. The maximum atomic E-state index is 5.55. The Morgan fingerprint density at radius 1 is 1.22 bits per heavy atom. The van der Waals surface area contributed by atoms with Gasteiger partial charge in [0.2, 0.25) is 6.79 Å². The number of rotatable bonds is 5. The molecule has 1 aliphatic rings. The SMILES string of the molecule is CCN(CCc1cccc2c1OCO2)[Si](C)(C)C. The minimum Gasteiger partial charge on any atom is -0.454 e. The first-order valence-electron chi connectivity index (χ1n) is 6.65. The lowest BCUT2D eigenvalue weighted by Gasteiger charge is -2.33. The molecular weight excluding hydrogens is 242 g/mol. The van der Waals surface area contributed by atoms with E-state index in [2.05, 4.69) is 37.2 Å². The highest BCUT2D eigenvalue weighted by Crippen LogP contribution is 2.35. The van der Waals surface area contributed by atoms with Gasteiger partial charge < -0.3 is 14.0 Å². The first-order valence-corrected chi connectivity index (χ1v) is 10.1. The van der Waals surface area contributed by atoms with E-state index in [-0.39, 0.29) is 0 Å². The molecule has 1 aromatic rings. The van der Waals surface area contributed by atoms with Crippen LogP contribution in [0.1, 0.15) is 12.5 Å². The van der Waals surface area contributed by atoms with Gasteiger partial charge in [0.25, 0.3) is 0 Å². The van der Waals surface area contributed by atoms with E-state index >= 15 is 0 Å². The summed E-state index contributed by atoms with van der Waals surface area (Å²) in [5, 5.41) is 0. The van der Waals surface area contributed by atoms with Crippen LogP contribution in [-0.2, 0) is 6.42 Å². The molecule has 0 atom stereocenters. The van der Waals surface area contributed by atoms with Gasteiger partial charge in [-0.15, -0.1) is 0 Å². The highest BCUT2D eigenvalue weighted by molar-refractivity contribution is 6.73. The van der Waals surface area contributed by atoms with Crippen LogP contribution in [0.25, 0.3) is 0 Å². The minimum absolute atomic E-state index is 0.359. The van der Waals surface area contributed by atoms with Gasteiger partial charge >= 0.3 is 0 Å². The monoisotopic (exact) mass is 265 g/mol. The van der Waals surface area contributed by atoms with E-state index in [4.69, 9.17) is 9.47 Å². The van der Waals surface area contributed by atoms with Crippen LogP contribution < -0.4 is 9.47 Å². The molecule has 0 spiro atoms. The number of ether oxygens (including phenoxy) is 2. The Bertz CT molecular complexity index is 415. The largest absolute Gasteiger partial charge is 0.454 e. The first-order chi connectivity index (χ1) is 8.52. The van der Waals surface area contributed by atoms with E-state index in [0.717, 1.165) is 31.0 Å². The van der Waals surface area contributed by atoms with Crippen molar-refractivity contribution in [3.63, 3.8) is 0 Å². The fourth-order valence-corrected chi connectivity index (χ4v) is 4.14. The molecule has 0 N–H and O–H groups in total. The van der Waals surface area contributed by atoms with Gasteiger partial charge in [0, 0.05) is 0 Å². The third kappa shape index (κ3) is 2.87. The van der Waals surface area contributed by atoms with E-state index in [9.17, 15) is 0 Å². The van der Waals surface area contributed by atoms with Crippen molar-refractivity contribution in [2.45, 2.75) is 33.0 Å². The Labute approximate surface area is 111 Å². The molecule has 0 bridgehead atoms. The molecule has 0 amide bonds. The number of fused-ring (bicyclic) bond motifs is 1. The summed E-state index contributed by atoms with van der Waals surface area (Å²) in [4.78, 5) is 0. The fourth-order valence-electron chi connectivity index (χ4n) is 2.41. The zero-order valence-electron chi connectivity index (χ0n) is 11.8. The Morgan fingerprint density at radius 3 is 2.67 bits per heavy atom. The van der Waals surface area contributed by atoms with E-state index < -0.39 is 8.24 Å². The van der Waals surface area contributed by atoms with Crippen molar-refractivity contribution < 1.29 is 9.47 Å². The van der Waals surface area contributed by atoms with Gasteiger partial charge in [0.15, 0.2) is 11.5 Å². The quantitative estimate of drug-likeness (QED) is 0.764. The van der Waals surface area contributed by atoms with E-state index in [1.165, 1.54) is 5.56 Å². The normalized spacial score (nSPS) is 14.3. The van der Waals surface area contributed by atoms with Gasteiger partial charge in [0.1, 0.15) is 8.24 Å². The van der Waals surface area contributed by atoms with Gasteiger partial charge in [-0.3, -0.25) is 0 Å². The van der Waals surface area contributed by atoms with Gasteiger partial charge in [-0.2, -0.15) is 0 Å². The lowest BCUT2D eigenvalue weighted by molar-refractivity contribution is 0.173. The zero-order chi connectivity index (χ0) is 13.2. The molecule has 0 aromatic heterocycles. The number of likely N-dealkylation sites (N-methyl/N-ethyl adjacent to an activating group) is 1. The van der Waals surface area contributed by atoms with Gasteiger partial charge in [-0.25, -0.2) is 0 Å². The summed E-state index contributed by atoms with van der Waals surface area (Å²) in [7, 11) is -1.20. The van der Waals surface area contributed by atoms with Crippen LogP contribution in [0.5, 0.6) is 11.5 Å². The molecule has 0 fully saturated rings. The topological polar surface area (TPSA) is 21.7 Å². The number of nitrogens with zero attached hydrogens (tertiary/aromatic N) is 1. The first kappa shape index (κ1) is 13.4. The highest BCUT2D eigenvalue weighted by Gasteiger charge is 2.23. The van der Waals surface area contributed by atoms with Gasteiger partial charge in [-0.1, -0.05) is 38.7 Å². The Morgan fingerprint density at radius 2 is 2.00 bits per heavy atom. The molecular formula is C14H23NO2Si. The molecule has 2 rings (SSSR count). The Hall–Kier alpha value is -1.00. The molecule has 18 heavy (non-hydrogen) atoms. The molecule has 100 valence electrons. The Balaban J connectivity index is 2.05. The second-order valence-electron chi connectivity index (χ2n) is 5.65. The van der Waals surface area contributed by atoms with Crippen molar-refractivity contribution >= 4 is 8.24 Å². The molecule has 1 aliphatic heterocycles. The molecule has 0 radical (unpaired) electrons. The number of para-hydroxylation sites is 1. The standard InChI is InChI=1S/C14H23NO2Si/c1-5-15(18(2,3)4)10-9-12-7-6-8-13-14(12)17-11-16-13/h6-8H,5,9-11H2,1-4H3. The van der Waals surface area contributed by atoms with Crippen LogP contribution in [0.15, 0.2) is 18.2 Å². The lowest BCUT2D eigenvalue weighted by atomic mass is 10.1. The molecule has 0 aliphatic carbocycles. The second-order valence-corrected chi connectivity index (χ2v) is 10.6. The van der Waals surface area contributed by atoms with Crippen LogP contribution in [0.2, 0.25) is 19.6 Å². The summed E-state index contributed by atoms with van der Waals surface area (Å²) in [5.74, 6) is 1.84. The van der Waals surface area contributed by atoms with Crippen molar-refractivity contribution in [2.24, 2.45) is 0 Å². The summed E-state index contributed by atoms with van der Waals surface area (Å²) in [6.45, 7) is 12.0. The van der Waals surface area contributed by atoms with E-state index in [0.29, 0.717) is 6.79 Å². The highest BCUT2D eigenvalue weighted by atomic mass is 28.3. The molecule has 1 heterocycles. The summed E-state index contributed by atoms with van der Waals surface area (Å²) < 4.78 is 13.6. The van der Waals surface area contributed by atoms with Crippen molar-refractivity contribution in [1.29, 1.82) is 0 Å². The predicted octanol–water partition coefficient (Wildman–Crippen LogP) is 3.11. The molecule has 0 saturated heterocycles.